The van der Waals surface area contributed by atoms with Crippen molar-refractivity contribution in [3.63, 3.8) is 0 Å². The molecule has 1 aliphatic rings. The molecule has 0 radical (unpaired) electrons. The Kier molecular flexibility index (Phi) is 2.33. The number of rotatable bonds is 1. The molecule has 1 heterocycles. The molecule has 84 valence electrons. The molecule has 2 heteroatoms. The highest BCUT2D eigenvalue weighted by Crippen LogP contribution is 2.42. The molecule has 0 saturated carbocycles. The zero-order chi connectivity index (χ0) is 11.7. The number of para-hydroxylation sites is 2. The third-order valence-corrected chi connectivity index (χ3v) is 2.81. The van der Waals surface area contributed by atoms with E-state index < -0.39 is 0 Å². The standard InChI is InChI=1S/C15H12O2/c1-16-10-13-11-6-2-4-8-14(11)17-15-9-5-3-7-12(13)15/h2-10H,1H3. The number of hydrogen-bond donors (Lipinski definition) is 0. The zero-order valence-corrected chi connectivity index (χ0v) is 9.51. The quantitative estimate of drug-likeness (QED) is 0.585. The molecule has 0 aromatic heterocycles. The van der Waals surface area contributed by atoms with Crippen molar-refractivity contribution in [2.45, 2.75) is 0 Å². The van der Waals surface area contributed by atoms with Crippen LogP contribution in [0.4, 0.5) is 0 Å². The topological polar surface area (TPSA) is 18.5 Å². The molecule has 2 nitrogen and oxygen atoms in total. The Hall–Kier alpha value is -2.22. The molecule has 0 aliphatic carbocycles. The van der Waals surface area contributed by atoms with Crippen LogP contribution in [0.1, 0.15) is 11.1 Å². The number of benzene rings is 2. The average molecular weight is 224 g/mol. The summed E-state index contributed by atoms with van der Waals surface area (Å²) in [5, 5.41) is 0. The SMILES string of the molecule is COC=C1c2ccccc2Oc2ccccc21. The van der Waals surface area contributed by atoms with Crippen LogP contribution in [0.3, 0.4) is 0 Å². The maximum absolute atomic E-state index is 5.86. The predicted molar refractivity (Wildman–Crippen MR) is 67.0 cm³/mol. The fraction of sp³-hybridized carbons (Fsp3) is 0.0667. The van der Waals surface area contributed by atoms with Gasteiger partial charge in [0.15, 0.2) is 0 Å². The lowest BCUT2D eigenvalue weighted by Crippen LogP contribution is -2.02. The molecule has 0 atom stereocenters. The van der Waals surface area contributed by atoms with Crippen LogP contribution in [0.25, 0.3) is 5.57 Å². The molecular weight excluding hydrogens is 212 g/mol. The molecule has 0 bridgehead atoms. The van der Waals surface area contributed by atoms with Crippen molar-refractivity contribution >= 4 is 5.57 Å². The summed E-state index contributed by atoms with van der Waals surface area (Å²) in [5.74, 6) is 1.74. The van der Waals surface area contributed by atoms with Crippen molar-refractivity contribution in [1.82, 2.24) is 0 Å². The molecule has 0 fully saturated rings. The second kappa shape index (κ2) is 3.98. The van der Waals surface area contributed by atoms with E-state index in [0.29, 0.717) is 0 Å². The van der Waals surface area contributed by atoms with Gasteiger partial charge < -0.3 is 9.47 Å². The normalized spacial score (nSPS) is 12.2. The lowest BCUT2D eigenvalue weighted by molar-refractivity contribution is 0.339. The van der Waals surface area contributed by atoms with E-state index in [4.69, 9.17) is 9.47 Å². The van der Waals surface area contributed by atoms with E-state index in [1.54, 1.807) is 13.4 Å². The minimum Gasteiger partial charge on any atom is -0.504 e. The summed E-state index contributed by atoms with van der Waals surface area (Å²) in [4.78, 5) is 0. The maximum atomic E-state index is 5.86. The van der Waals surface area contributed by atoms with E-state index in [1.807, 2.05) is 48.5 Å². The summed E-state index contributed by atoms with van der Waals surface area (Å²) in [6.45, 7) is 0. The van der Waals surface area contributed by atoms with Crippen LogP contribution in [0.5, 0.6) is 11.5 Å². The highest BCUT2D eigenvalue weighted by atomic mass is 16.5. The van der Waals surface area contributed by atoms with Crippen molar-refractivity contribution in [3.8, 4) is 11.5 Å². The monoisotopic (exact) mass is 224 g/mol. The molecule has 1 aliphatic heterocycles. The Balaban J connectivity index is 2.24. The Bertz CT molecular complexity index is 537. The molecule has 2 aromatic carbocycles. The molecule has 2 aromatic rings. The van der Waals surface area contributed by atoms with Gasteiger partial charge in [0.05, 0.1) is 13.4 Å². The van der Waals surface area contributed by atoms with Crippen LogP contribution in [0.15, 0.2) is 54.8 Å². The molecule has 0 N–H and O–H groups in total. The summed E-state index contributed by atoms with van der Waals surface area (Å²) in [5.41, 5.74) is 3.19. The predicted octanol–water partition coefficient (Wildman–Crippen LogP) is 3.83. The molecule has 3 rings (SSSR count). The maximum Gasteiger partial charge on any atom is 0.135 e. The third-order valence-electron chi connectivity index (χ3n) is 2.81. The van der Waals surface area contributed by atoms with E-state index in [2.05, 4.69) is 0 Å². The van der Waals surface area contributed by atoms with E-state index >= 15 is 0 Å². The Labute approximate surface area is 100 Å². The van der Waals surface area contributed by atoms with Crippen LogP contribution >= 0.6 is 0 Å². The lowest BCUT2D eigenvalue weighted by atomic mass is 9.95. The van der Waals surface area contributed by atoms with Gasteiger partial charge in [-0.25, -0.2) is 0 Å². The Morgan fingerprint density at radius 1 is 0.882 bits per heavy atom. The second-order valence-corrected chi connectivity index (χ2v) is 3.86. The molecule has 17 heavy (non-hydrogen) atoms. The fourth-order valence-electron chi connectivity index (χ4n) is 2.06. The Morgan fingerprint density at radius 3 is 1.94 bits per heavy atom. The first kappa shape index (κ1) is 9.97. The van der Waals surface area contributed by atoms with Crippen molar-refractivity contribution in [1.29, 1.82) is 0 Å². The van der Waals surface area contributed by atoms with Gasteiger partial charge in [-0.2, -0.15) is 0 Å². The van der Waals surface area contributed by atoms with Crippen molar-refractivity contribution in [2.75, 3.05) is 7.11 Å². The highest BCUT2D eigenvalue weighted by Gasteiger charge is 2.20. The minimum absolute atomic E-state index is 0.870. The van der Waals surface area contributed by atoms with Gasteiger partial charge in [0.2, 0.25) is 0 Å². The van der Waals surface area contributed by atoms with Gasteiger partial charge in [0.25, 0.3) is 0 Å². The molecule has 0 amide bonds. The first-order valence-corrected chi connectivity index (χ1v) is 5.50. The smallest absolute Gasteiger partial charge is 0.135 e. The first-order chi connectivity index (χ1) is 8.40. The van der Waals surface area contributed by atoms with Crippen molar-refractivity contribution < 1.29 is 9.47 Å². The van der Waals surface area contributed by atoms with Crippen LogP contribution < -0.4 is 4.74 Å². The van der Waals surface area contributed by atoms with Crippen molar-refractivity contribution in [3.05, 3.63) is 65.9 Å². The molecular formula is C15H12O2. The average Bonchev–Trinajstić information content (AvgIpc) is 2.39. The molecule has 0 spiro atoms. The minimum atomic E-state index is 0.870. The van der Waals surface area contributed by atoms with Crippen LogP contribution in [-0.2, 0) is 4.74 Å². The highest BCUT2D eigenvalue weighted by molar-refractivity contribution is 5.87. The van der Waals surface area contributed by atoms with Crippen LogP contribution in [0, 0.1) is 0 Å². The van der Waals surface area contributed by atoms with Gasteiger partial charge in [-0.1, -0.05) is 36.4 Å². The summed E-state index contributed by atoms with van der Waals surface area (Å²) in [6.07, 6.45) is 1.76. The van der Waals surface area contributed by atoms with Crippen molar-refractivity contribution in [2.24, 2.45) is 0 Å². The van der Waals surface area contributed by atoms with E-state index in [1.165, 1.54) is 0 Å². The van der Waals surface area contributed by atoms with Gasteiger partial charge in [-0.3, -0.25) is 0 Å². The van der Waals surface area contributed by atoms with Gasteiger partial charge >= 0.3 is 0 Å². The third kappa shape index (κ3) is 1.58. The zero-order valence-electron chi connectivity index (χ0n) is 9.51. The van der Waals surface area contributed by atoms with Gasteiger partial charge in [0.1, 0.15) is 11.5 Å². The number of methoxy groups -OCH3 is 1. The summed E-state index contributed by atoms with van der Waals surface area (Å²) >= 11 is 0. The lowest BCUT2D eigenvalue weighted by Gasteiger charge is -2.22. The van der Waals surface area contributed by atoms with Gasteiger partial charge in [0, 0.05) is 16.7 Å². The first-order valence-electron chi connectivity index (χ1n) is 5.50. The van der Waals surface area contributed by atoms with Gasteiger partial charge in [-0.05, 0) is 12.1 Å². The number of hydrogen-bond acceptors (Lipinski definition) is 2. The van der Waals surface area contributed by atoms with Crippen LogP contribution in [-0.4, -0.2) is 7.11 Å². The van der Waals surface area contributed by atoms with E-state index in [0.717, 1.165) is 28.2 Å². The van der Waals surface area contributed by atoms with Crippen LogP contribution in [0.2, 0.25) is 0 Å². The second-order valence-electron chi connectivity index (χ2n) is 3.86. The largest absolute Gasteiger partial charge is 0.504 e. The summed E-state index contributed by atoms with van der Waals surface area (Å²) in [7, 11) is 1.66. The summed E-state index contributed by atoms with van der Waals surface area (Å²) in [6, 6.07) is 15.9. The summed E-state index contributed by atoms with van der Waals surface area (Å²) < 4.78 is 11.0. The van der Waals surface area contributed by atoms with E-state index in [-0.39, 0.29) is 0 Å². The van der Waals surface area contributed by atoms with Gasteiger partial charge in [-0.15, -0.1) is 0 Å². The number of fused-ring (bicyclic) bond motifs is 2. The molecule has 0 unspecified atom stereocenters. The molecule has 0 saturated heterocycles. The Morgan fingerprint density at radius 2 is 1.41 bits per heavy atom. The fourth-order valence-corrected chi connectivity index (χ4v) is 2.06. The van der Waals surface area contributed by atoms with E-state index in [9.17, 15) is 0 Å². The number of ether oxygens (including phenoxy) is 2.